The summed E-state index contributed by atoms with van der Waals surface area (Å²) in [5, 5.41) is 8.51. The molecule has 1 fully saturated rings. The first-order chi connectivity index (χ1) is 18.3. The molecule has 0 amide bonds. The highest BCUT2D eigenvalue weighted by atomic mass is 32.2. The van der Waals surface area contributed by atoms with E-state index in [2.05, 4.69) is 16.2 Å². The van der Waals surface area contributed by atoms with Crippen LogP contribution >= 0.6 is 0 Å². The predicted octanol–water partition coefficient (Wildman–Crippen LogP) is 4.31. The van der Waals surface area contributed by atoms with Crippen molar-refractivity contribution >= 4 is 15.8 Å². The first-order valence-electron chi connectivity index (χ1n) is 12.8. The third kappa shape index (κ3) is 6.47. The number of piperazine rings is 1. The zero-order valence-electron chi connectivity index (χ0n) is 21.9. The lowest BCUT2D eigenvalue weighted by atomic mass is 10.1. The highest BCUT2D eigenvalue weighted by molar-refractivity contribution is 7.92. The Morgan fingerprint density at radius 1 is 1.13 bits per heavy atom. The van der Waals surface area contributed by atoms with Crippen LogP contribution in [0.5, 0.6) is 5.75 Å². The summed E-state index contributed by atoms with van der Waals surface area (Å²) in [7, 11) is -3.88. The van der Waals surface area contributed by atoms with E-state index in [4.69, 9.17) is 0 Å². The molecule has 1 aliphatic carbocycles. The number of rotatable bonds is 9. The molecule has 2 aromatic carbocycles. The molecule has 1 aliphatic heterocycles. The Bertz CT molecular complexity index is 1300. The van der Waals surface area contributed by atoms with E-state index in [0.717, 1.165) is 11.1 Å². The smallest absolute Gasteiger partial charge is 0.481 e. The molecule has 0 radical (unpaired) electrons. The standard InChI is InChI=1S/C28H33F3N2O5S/c1-4-26(39(36,37)25-7-5-6-21-14-22(27(34)35)15-24(21)25)33-18(2)16-32(17-19(33)3)13-12-20-8-10-23(11-9-20)38-28(29,30)31/h4-11,18-19,22,26H,1,12-17H2,2-3H3,(H,34,35). The zero-order valence-corrected chi connectivity index (χ0v) is 22.7. The van der Waals surface area contributed by atoms with Gasteiger partial charge in [-0.05, 0) is 68.0 Å². The van der Waals surface area contributed by atoms with E-state index in [-0.39, 0.29) is 29.1 Å². The summed E-state index contributed by atoms with van der Waals surface area (Å²) in [6, 6.07) is 10.6. The van der Waals surface area contributed by atoms with Gasteiger partial charge in [-0.3, -0.25) is 14.6 Å². The second kappa shape index (κ2) is 11.3. The topological polar surface area (TPSA) is 87.2 Å². The Kier molecular flexibility index (Phi) is 8.44. The summed E-state index contributed by atoms with van der Waals surface area (Å²) >= 11 is 0. The van der Waals surface area contributed by atoms with E-state index >= 15 is 0 Å². The molecule has 4 rings (SSSR count). The average Bonchev–Trinajstić information content (AvgIpc) is 3.29. The largest absolute Gasteiger partial charge is 0.573 e. The van der Waals surface area contributed by atoms with E-state index in [1.165, 1.54) is 18.2 Å². The van der Waals surface area contributed by atoms with Crippen LogP contribution in [0.4, 0.5) is 13.2 Å². The van der Waals surface area contributed by atoms with Crippen molar-refractivity contribution in [2.75, 3.05) is 19.6 Å². The summed E-state index contributed by atoms with van der Waals surface area (Å²) in [6.45, 7) is 9.65. The summed E-state index contributed by atoms with van der Waals surface area (Å²) in [5.74, 6) is -1.83. The minimum absolute atomic E-state index is 0.127. The number of sulfone groups is 1. The quantitative estimate of drug-likeness (QED) is 0.453. The van der Waals surface area contributed by atoms with Gasteiger partial charge in [-0.15, -0.1) is 19.8 Å². The number of benzene rings is 2. The number of carboxylic acids is 1. The van der Waals surface area contributed by atoms with Crippen LogP contribution < -0.4 is 4.74 Å². The molecule has 2 aromatic rings. The number of alkyl halides is 3. The van der Waals surface area contributed by atoms with E-state index in [1.54, 1.807) is 30.3 Å². The molecule has 0 saturated carbocycles. The van der Waals surface area contributed by atoms with Gasteiger partial charge in [-0.1, -0.05) is 30.3 Å². The molecule has 4 atom stereocenters. The highest BCUT2D eigenvalue weighted by Crippen LogP contribution is 2.35. The molecule has 1 heterocycles. The van der Waals surface area contributed by atoms with Crippen molar-refractivity contribution in [1.82, 2.24) is 9.80 Å². The Morgan fingerprint density at radius 2 is 1.77 bits per heavy atom. The maximum absolute atomic E-state index is 13.9. The minimum atomic E-state index is -4.73. The monoisotopic (exact) mass is 566 g/mol. The van der Waals surface area contributed by atoms with Crippen molar-refractivity contribution in [3.8, 4) is 5.75 Å². The van der Waals surface area contributed by atoms with E-state index in [1.807, 2.05) is 18.7 Å². The zero-order chi connectivity index (χ0) is 28.5. The van der Waals surface area contributed by atoms with Crippen LogP contribution in [0.3, 0.4) is 0 Å². The van der Waals surface area contributed by atoms with Crippen molar-refractivity contribution in [2.45, 2.75) is 61.8 Å². The first kappa shape index (κ1) is 29.1. The lowest BCUT2D eigenvalue weighted by Crippen LogP contribution is -2.61. The molecule has 212 valence electrons. The van der Waals surface area contributed by atoms with E-state index in [9.17, 15) is 31.5 Å². The van der Waals surface area contributed by atoms with Crippen LogP contribution in [0.2, 0.25) is 0 Å². The molecule has 4 unspecified atom stereocenters. The van der Waals surface area contributed by atoms with Crippen molar-refractivity contribution in [3.63, 3.8) is 0 Å². The number of nitrogens with zero attached hydrogens (tertiary/aromatic N) is 2. The van der Waals surface area contributed by atoms with E-state index in [0.29, 0.717) is 38.0 Å². The lowest BCUT2D eigenvalue weighted by Gasteiger charge is -2.47. The highest BCUT2D eigenvalue weighted by Gasteiger charge is 2.42. The number of fused-ring (bicyclic) bond motifs is 1. The number of hydrogen-bond donors (Lipinski definition) is 1. The van der Waals surface area contributed by atoms with Gasteiger partial charge >= 0.3 is 12.3 Å². The molecule has 0 spiro atoms. The number of hydrogen-bond acceptors (Lipinski definition) is 6. The van der Waals surface area contributed by atoms with Crippen molar-refractivity contribution < 1.29 is 36.2 Å². The maximum atomic E-state index is 13.9. The van der Waals surface area contributed by atoms with Gasteiger partial charge in [0, 0.05) is 31.7 Å². The Hall–Kier alpha value is -2.89. The molecule has 1 N–H and O–H groups in total. The number of carbonyl (C=O) groups is 1. The second-order valence-corrected chi connectivity index (χ2v) is 12.4. The normalized spacial score (nSPS) is 23.3. The summed E-state index contributed by atoms with van der Waals surface area (Å²) < 4.78 is 69.0. The molecule has 0 bridgehead atoms. The molecule has 1 saturated heterocycles. The lowest BCUT2D eigenvalue weighted by molar-refractivity contribution is -0.274. The van der Waals surface area contributed by atoms with Gasteiger partial charge in [0.1, 0.15) is 11.1 Å². The Balaban J connectivity index is 1.44. The van der Waals surface area contributed by atoms with Gasteiger partial charge in [0.25, 0.3) is 0 Å². The predicted molar refractivity (Wildman–Crippen MR) is 140 cm³/mol. The van der Waals surface area contributed by atoms with Crippen molar-refractivity contribution in [2.24, 2.45) is 5.92 Å². The molecular weight excluding hydrogens is 533 g/mol. The molecular formula is C28H33F3N2O5S. The third-order valence-corrected chi connectivity index (χ3v) is 9.62. The number of halogens is 3. The van der Waals surface area contributed by atoms with Crippen LogP contribution in [-0.4, -0.2) is 72.7 Å². The fourth-order valence-electron chi connectivity index (χ4n) is 5.87. The minimum Gasteiger partial charge on any atom is -0.481 e. The van der Waals surface area contributed by atoms with Gasteiger partial charge in [0.05, 0.1) is 10.8 Å². The molecule has 11 heteroatoms. The number of ether oxygens (including phenoxy) is 1. The molecule has 0 aromatic heterocycles. The maximum Gasteiger partial charge on any atom is 0.573 e. The first-order valence-corrected chi connectivity index (χ1v) is 14.4. The van der Waals surface area contributed by atoms with Gasteiger partial charge in [-0.2, -0.15) is 0 Å². The summed E-state index contributed by atoms with van der Waals surface area (Å²) in [6.07, 6.45) is -2.16. The van der Waals surface area contributed by atoms with Crippen LogP contribution in [0.1, 0.15) is 30.5 Å². The number of carboxylic acid groups (broad SMARTS) is 1. The van der Waals surface area contributed by atoms with Crippen molar-refractivity contribution in [1.29, 1.82) is 0 Å². The van der Waals surface area contributed by atoms with Gasteiger partial charge in [0.15, 0.2) is 9.84 Å². The fourth-order valence-corrected chi connectivity index (χ4v) is 7.95. The Morgan fingerprint density at radius 3 is 2.33 bits per heavy atom. The second-order valence-electron chi connectivity index (χ2n) is 10.4. The van der Waals surface area contributed by atoms with Crippen LogP contribution in [0.15, 0.2) is 60.0 Å². The van der Waals surface area contributed by atoms with Crippen LogP contribution in [0, 0.1) is 5.92 Å². The molecule has 39 heavy (non-hydrogen) atoms. The SMILES string of the molecule is C=CC(N1C(C)CN(CCc2ccc(OC(F)(F)F)cc2)CC1C)S(=O)(=O)c1cccc2c1CC(C(=O)O)C2. The third-order valence-electron chi connectivity index (χ3n) is 7.55. The van der Waals surface area contributed by atoms with Gasteiger partial charge in [0.2, 0.25) is 0 Å². The average molecular weight is 567 g/mol. The fraction of sp³-hybridized carbons (Fsp3) is 0.464. The summed E-state index contributed by atoms with van der Waals surface area (Å²) in [4.78, 5) is 15.9. The van der Waals surface area contributed by atoms with E-state index < -0.39 is 33.5 Å². The van der Waals surface area contributed by atoms with Gasteiger partial charge in [-0.25, -0.2) is 8.42 Å². The molecule has 2 aliphatic rings. The van der Waals surface area contributed by atoms with Crippen LogP contribution in [-0.2, 0) is 33.9 Å². The van der Waals surface area contributed by atoms with Gasteiger partial charge < -0.3 is 9.84 Å². The Labute approximate surface area is 226 Å². The van der Waals surface area contributed by atoms with Crippen molar-refractivity contribution in [3.05, 3.63) is 71.8 Å². The number of aliphatic carboxylic acids is 1. The summed E-state index contributed by atoms with van der Waals surface area (Å²) in [5.41, 5.74) is 2.22. The van der Waals surface area contributed by atoms with Crippen LogP contribution in [0.25, 0.3) is 0 Å². The molecule has 7 nitrogen and oxygen atoms in total.